The standard InChI is InChI=1S/C23H17ClF6N6O4/c24-15-6-4-12(5-7-15)20-33-36(21(39)35(20)9-16(37)23(28,29)30)10-17(38)32-18(19-31-11-40-34-19)13-2-1-3-14(8-13)22(25,26)27/h1-8,11,16,18,37H,9-10H2,(H,32,38). The Bertz CT molecular complexity index is 1530. The Labute approximate surface area is 224 Å². The van der Waals surface area contributed by atoms with Crippen LogP contribution in [0.3, 0.4) is 0 Å². The van der Waals surface area contributed by atoms with Crippen LogP contribution in [0.1, 0.15) is 23.0 Å². The molecule has 0 aliphatic carbocycles. The first-order valence-corrected chi connectivity index (χ1v) is 11.5. The number of benzene rings is 2. The lowest BCUT2D eigenvalue weighted by atomic mass is 10.0. The second-order valence-corrected chi connectivity index (χ2v) is 8.79. The van der Waals surface area contributed by atoms with Crippen molar-refractivity contribution in [3.63, 3.8) is 0 Å². The van der Waals surface area contributed by atoms with Gasteiger partial charge in [-0.3, -0.25) is 9.36 Å². The van der Waals surface area contributed by atoms with Crippen molar-refractivity contribution >= 4 is 17.5 Å². The van der Waals surface area contributed by atoms with Crippen molar-refractivity contribution in [2.24, 2.45) is 0 Å². The molecule has 2 unspecified atom stereocenters. The maximum atomic E-state index is 13.3. The molecule has 0 radical (unpaired) electrons. The summed E-state index contributed by atoms with van der Waals surface area (Å²) in [7, 11) is 0. The molecule has 2 atom stereocenters. The van der Waals surface area contributed by atoms with Crippen molar-refractivity contribution in [3.8, 4) is 11.4 Å². The van der Waals surface area contributed by atoms with Crippen LogP contribution in [-0.4, -0.2) is 47.8 Å². The van der Waals surface area contributed by atoms with Crippen LogP contribution in [0.25, 0.3) is 11.4 Å². The van der Waals surface area contributed by atoms with Gasteiger partial charge in [0.2, 0.25) is 12.3 Å². The Morgan fingerprint density at radius 1 is 1.10 bits per heavy atom. The van der Waals surface area contributed by atoms with Gasteiger partial charge in [0.05, 0.1) is 12.1 Å². The summed E-state index contributed by atoms with van der Waals surface area (Å²) >= 11 is 5.85. The molecule has 212 valence electrons. The number of aliphatic hydroxyl groups is 1. The van der Waals surface area contributed by atoms with E-state index in [1.165, 1.54) is 30.3 Å². The molecule has 1 amide bonds. The maximum Gasteiger partial charge on any atom is 0.416 e. The van der Waals surface area contributed by atoms with E-state index >= 15 is 0 Å². The van der Waals surface area contributed by atoms with E-state index < -0.39 is 54.7 Å². The van der Waals surface area contributed by atoms with Crippen LogP contribution >= 0.6 is 11.6 Å². The third kappa shape index (κ3) is 6.51. The van der Waals surface area contributed by atoms with Crippen molar-refractivity contribution in [2.75, 3.05) is 0 Å². The van der Waals surface area contributed by atoms with Gasteiger partial charge in [0.25, 0.3) is 0 Å². The van der Waals surface area contributed by atoms with Crippen LogP contribution < -0.4 is 11.0 Å². The monoisotopic (exact) mass is 590 g/mol. The molecule has 0 aliphatic heterocycles. The van der Waals surface area contributed by atoms with Gasteiger partial charge in [-0.15, -0.1) is 5.10 Å². The number of halogens is 7. The van der Waals surface area contributed by atoms with Gasteiger partial charge in [0, 0.05) is 10.6 Å². The van der Waals surface area contributed by atoms with Crippen molar-refractivity contribution in [2.45, 2.75) is 37.6 Å². The van der Waals surface area contributed by atoms with Crippen LogP contribution in [0.2, 0.25) is 5.02 Å². The molecule has 17 heteroatoms. The minimum atomic E-state index is -5.06. The SMILES string of the molecule is O=C(Cn1nc(-c2ccc(Cl)cc2)n(CC(O)C(F)(F)F)c1=O)NC(c1cccc(C(F)(F)F)c1)c1ncon1. The number of carbonyl (C=O) groups is 1. The van der Waals surface area contributed by atoms with Gasteiger partial charge in [-0.05, 0) is 42.0 Å². The molecule has 4 rings (SSSR count). The number of rotatable bonds is 8. The largest absolute Gasteiger partial charge is 0.416 e. The summed E-state index contributed by atoms with van der Waals surface area (Å²) < 4.78 is 84.6. The first-order chi connectivity index (χ1) is 18.7. The molecular formula is C23H17ClF6N6O4. The molecule has 2 heterocycles. The van der Waals surface area contributed by atoms with Crippen LogP contribution in [0.4, 0.5) is 26.3 Å². The third-order valence-electron chi connectivity index (χ3n) is 5.54. The fourth-order valence-corrected chi connectivity index (χ4v) is 3.76. The van der Waals surface area contributed by atoms with Crippen LogP contribution in [0.15, 0.2) is 64.2 Å². The highest BCUT2D eigenvalue weighted by molar-refractivity contribution is 6.30. The van der Waals surface area contributed by atoms with E-state index in [-0.39, 0.29) is 27.8 Å². The van der Waals surface area contributed by atoms with Gasteiger partial charge in [-0.2, -0.15) is 31.3 Å². The predicted octanol–water partition coefficient (Wildman–Crippen LogP) is 3.60. The first kappa shape index (κ1) is 28.8. The molecule has 0 spiro atoms. The summed E-state index contributed by atoms with van der Waals surface area (Å²) in [6.07, 6.45) is -11.8. The van der Waals surface area contributed by atoms with E-state index in [9.17, 15) is 41.0 Å². The highest BCUT2D eigenvalue weighted by Gasteiger charge is 2.39. The van der Waals surface area contributed by atoms with E-state index in [1.807, 2.05) is 0 Å². The molecular weight excluding hydrogens is 574 g/mol. The molecule has 0 fully saturated rings. The Kier molecular flexibility index (Phi) is 8.02. The molecule has 2 N–H and O–H groups in total. The quantitative estimate of drug-likeness (QED) is 0.300. The average molecular weight is 591 g/mol. The minimum Gasteiger partial charge on any atom is -0.382 e. The van der Waals surface area contributed by atoms with Crippen LogP contribution in [0.5, 0.6) is 0 Å². The smallest absolute Gasteiger partial charge is 0.382 e. The Morgan fingerprint density at radius 3 is 2.40 bits per heavy atom. The number of aromatic nitrogens is 5. The molecule has 0 saturated carbocycles. The van der Waals surface area contributed by atoms with Crippen molar-refractivity contribution < 1.29 is 40.8 Å². The summed E-state index contributed by atoms with van der Waals surface area (Å²) in [6, 6.07) is 8.12. The number of aliphatic hydroxyl groups excluding tert-OH is 1. The van der Waals surface area contributed by atoms with Crippen molar-refractivity contribution in [1.82, 2.24) is 29.8 Å². The average Bonchev–Trinajstić information content (AvgIpc) is 3.51. The molecule has 4 aromatic rings. The number of hydrogen-bond donors (Lipinski definition) is 2. The molecule has 10 nitrogen and oxygen atoms in total. The fourth-order valence-electron chi connectivity index (χ4n) is 3.64. The predicted molar refractivity (Wildman–Crippen MR) is 125 cm³/mol. The van der Waals surface area contributed by atoms with E-state index in [4.69, 9.17) is 11.6 Å². The van der Waals surface area contributed by atoms with E-state index in [2.05, 4.69) is 25.1 Å². The zero-order chi connectivity index (χ0) is 29.2. The molecule has 0 saturated heterocycles. The summed E-state index contributed by atoms with van der Waals surface area (Å²) in [5, 5.41) is 19.8. The highest BCUT2D eigenvalue weighted by atomic mass is 35.5. The lowest BCUT2D eigenvalue weighted by molar-refractivity contribution is -0.207. The Hall–Kier alpha value is -4.18. The second kappa shape index (κ2) is 11.1. The second-order valence-electron chi connectivity index (χ2n) is 8.35. The molecule has 2 aromatic carbocycles. The number of nitrogens with zero attached hydrogens (tertiary/aromatic N) is 5. The minimum absolute atomic E-state index is 0.0717. The summed E-state index contributed by atoms with van der Waals surface area (Å²) in [4.78, 5) is 29.7. The molecule has 2 aromatic heterocycles. The Balaban J connectivity index is 1.66. The Morgan fingerprint density at radius 2 is 1.80 bits per heavy atom. The highest BCUT2D eigenvalue weighted by Crippen LogP contribution is 2.32. The number of carbonyl (C=O) groups excluding carboxylic acids is 1. The zero-order valence-corrected chi connectivity index (χ0v) is 20.6. The zero-order valence-electron chi connectivity index (χ0n) is 19.8. The number of nitrogens with one attached hydrogen (secondary N) is 1. The normalized spacial score (nSPS) is 13.7. The van der Waals surface area contributed by atoms with Gasteiger partial charge in [-0.25, -0.2) is 9.48 Å². The third-order valence-corrected chi connectivity index (χ3v) is 5.79. The van der Waals surface area contributed by atoms with Gasteiger partial charge < -0.3 is 14.9 Å². The topological polar surface area (TPSA) is 128 Å². The van der Waals surface area contributed by atoms with E-state index in [0.717, 1.165) is 24.6 Å². The van der Waals surface area contributed by atoms with Crippen LogP contribution in [0, 0.1) is 0 Å². The summed E-state index contributed by atoms with van der Waals surface area (Å²) in [5.41, 5.74) is -2.10. The van der Waals surface area contributed by atoms with Gasteiger partial charge in [0.1, 0.15) is 12.6 Å². The van der Waals surface area contributed by atoms with E-state index in [0.29, 0.717) is 9.25 Å². The summed E-state index contributed by atoms with van der Waals surface area (Å²) in [5.74, 6) is -1.48. The van der Waals surface area contributed by atoms with Gasteiger partial charge in [0.15, 0.2) is 17.8 Å². The molecule has 40 heavy (non-hydrogen) atoms. The number of amides is 1. The summed E-state index contributed by atoms with van der Waals surface area (Å²) in [6.45, 7) is -2.08. The molecule has 0 aliphatic rings. The maximum absolute atomic E-state index is 13.3. The van der Waals surface area contributed by atoms with Gasteiger partial charge in [-0.1, -0.05) is 28.9 Å². The fraction of sp³-hybridized carbons (Fsp3) is 0.261. The lowest BCUT2D eigenvalue weighted by Gasteiger charge is -2.17. The first-order valence-electron chi connectivity index (χ1n) is 11.1. The molecule has 0 bridgehead atoms. The lowest BCUT2D eigenvalue weighted by Crippen LogP contribution is -2.39. The number of alkyl halides is 6. The van der Waals surface area contributed by atoms with Crippen LogP contribution in [-0.2, 0) is 24.1 Å². The van der Waals surface area contributed by atoms with Gasteiger partial charge >= 0.3 is 18.0 Å². The van der Waals surface area contributed by atoms with Crippen molar-refractivity contribution in [1.29, 1.82) is 0 Å². The van der Waals surface area contributed by atoms with Crippen molar-refractivity contribution in [3.05, 3.63) is 87.4 Å². The van der Waals surface area contributed by atoms with E-state index in [1.54, 1.807) is 0 Å². The number of hydrogen-bond acceptors (Lipinski definition) is 7.